The van der Waals surface area contributed by atoms with Crippen LogP contribution < -0.4 is 0 Å². The zero-order valence-electron chi connectivity index (χ0n) is 6.66. The first-order valence-electron chi connectivity index (χ1n) is 3.31. The summed E-state index contributed by atoms with van der Waals surface area (Å²) in [5, 5.41) is 0. The van der Waals surface area contributed by atoms with E-state index < -0.39 is 0 Å². The van der Waals surface area contributed by atoms with Crippen LogP contribution in [-0.2, 0) is 14.5 Å². The highest BCUT2D eigenvalue weighted by Crippen LogP contribution is 1.92. The van der Waals surface area contributed by atoms with Gasteiger partial charge in [0, 0.05) is 7.11 Å². The molecule has 60 valence electrons. The highest BCUT2D eigenvalue weighted by atomic mass is 17.2. The van der Waals surface area contributed by atoms with Crippen LogP contribution in [0.4, 0.5) is 0 Å². The molecule has 0 aromatic heterocycles. The summed E-state index contributed by atoms with van der Waals surface area (Å²) in [6, 6.07) is 0. The van der Waals surface area contributed by atoms with Gasteiger partial charge in [-0.2, -0.15) is 4.89 Å². The van der Waals surface area contributed by atoms with E-state index in [1.807, 2.05) is 13.0 Å². The molecule has 1 unspecified atom stereocenters. The Morgan fingerprint density at radius 2 is 2.20 bits per heavy atom. The lowest BCUT2D eigenvalue weighted by Gasteiger charge is -2.06. The molecule has 3 heteroatoms. The van der Waals surface area contributed by atoms with Crippen molar-refractivity contribution in [3.63, 3.8) is 0 Å². The Kier molecular flexibility index (Phi) is 6.22. The molecular weight excluding hydrogens is 132 g/mol. The molecule has 0 aromatic rings. The van der Waals surface area contributed by atoms with Crippen molar-refractivity contribution in [1.29, 1.82) is 0 Å². The van der Waals surface area contributed by atoms with Gasteiger partial charge in [0.25, 0.3) is 0 Å². The summed E-state index contributed by atoms with van der Waals surface area (Å²) in [4.78, 5) is 9.31. The molecular formula is C7H14O3. The highest BCUT2D eigenvalue weighted by molar-refractivity contribution is 4.68. The summed E-state index contributed by atoms with van der Waals surface area (Å²) in [6.07, 6.45) is 3.96. The van der Waals surface area contributed by atoms with Gasteiger partial charge >= 0.3 is 0 Å². The Balaban J connectivity index is 3.10. The third kappa shape index (κ3) is 5.59. The van der Waals surface area contributed by atoms with Crippen LogP contribution in [0.25, 0.3) is 0 Å². The highest BCUT2D eigenvalue weighted by Gasteiger charge is 1.95. The fourth-order valence-electron chi connectivity index (χ4n) is 0.285. The number of methoxy groups -OCH3 is 1. The first kappa shape index (κ1) is 9.46. The van der Waals surface area contributed by atoms with Crippen molar-refractivity contribution in [2.75, 3.05) is 7.11 Å². The van der Waals surface area contributed by atoms with E-state index in [9.17, 15) is 0 Å². The second kappa shape index (κ2) is 6.58. The molecule has 3 nitrogen and oxygen atoms in total. The predicted octanol–water partition coefficient (Wildman–Crippen LogP) is 1.85. The first-order valence-corrected chi connectivity index (χ1v) is 3.31. The molecule has 10 heavy (non-hydrogen) atoms. The van der Waals surface area contributed by atoms with Crippen LogP contribution in [-0.4, -0.2) is 13.4 Å². The topological polar surface area (TPSA) is 27.7 Å². The van der Waals surface area contributed by atoms with Gasteiger partial charge in [-0.05, 0) is 19.4 Å². The molecule has 0 spiro atoms. The van der Waals surface area contributed by atoms with Crippen molar-refractivity contribution in [3.05, 3.63) is 12.3 Å². The standard InChI is InChI=1S/C7H14O3/c1-4-5-6-9-10-7(2)8-3/h5-7H,4H2,1-3H3. The van der Waals surface area contributed by atoms with Gasteiger partial charge in [0.2, 0.25) is 0 Å². The maximum atomic E-state index is 4.75. The van der Waals surface area contributed by atoms with Gasteiger partial charge in [0.1, 0.15) is 6.26 Å². The Labute approximate surface area is 61.5 Å². The fraction of sp³-hybridized carbons (Fsp3) is 0.714. The average Bonchev–Trinajstić information content (AvgIpc) is 1.98. The van der Waals surface area contributed by atoms with Crippen LogP contribution in [0.1, 0.15) is 20.3 Å². The van der Waals surface area contributed by atoms with Crippen molar-refractivity contribution >= 4 is 0 Å². The lowest BCUT2D eigenvalue weighted by Crippen LogP contribution is -2.08. The fourth-order valence-corrected chi connectivity index (χ4v) is 0.285. The number of hydrogen-bond acceptors (Lipinski definition) is 3. The molecule has 0 bridgehead atoms. The Morgan fingerprint density at radius 1 is 1.50 bits per heavy atom. The minimum atomic E-state index is -0.318. The zero-order chi connectivity index (χ0) is 7.82. The third-order valence-electron chi connectivity index (χ3n) is 0.910. The minimum Gasteiger partial charge on any atom is -0.352 e. The molecule has 0 aliphatic rings. The van der Waals surface area contributed by atoms with E-state index in [-0.39, 0.29) is 6.29 Å². The van der Waals surface area contributed by atoms with E-state index in [1.54, 1.807) is 14.0 Å². The van der Waals surface area contributed by atoms with E-state index in [0.717, 1.165) is 6.42 Å². The van der Waals surface area contributed by atoms with Gasteiger partial charge < -0.3 is 9.62 Å². The van der Waals surface area contributed by atoms with Crippen molar-refractivity contribution in [3.8, 4) is 0 Å². The van der Waals surface area contributed by atoms with E-state index in [2.05, 4.69) is 9.78 Å². The molecule has 0 saturated carbocycles. The maximum absolute atomic E-state index is 4.75. The molecule has 0 fully saturated rings. The van der Waals surface area contributed by atoms with Gasteiger partial charge in [-0.25, -0.2) is 0 Å². The second-order valence-electron chi connectivity index (χ2n) is 1.78. The van der Waals surface area contributed by atoms with Crippen molar-refractivity contribution < 1.29 is 14.5 Å². The van der Waals surface area contributed by atoms with Crippen LogP contribution in [0.3, 0.4) is 0 Å². The third-order valence-corrected chi connectivity index (χ3v) is 0.910. The number of hydrogen-bond donors (Lipinski definition) is 0. The van der Waals surface area contributed by atoms with Crippen LogP contribution in [0.2, 0.25) is 0 Å². The predicted molar refractivity (Wildman–Crippen MR) is 38.1 cm³/mol. The Hall–Kier alpha value is -0.540. The van der Waals surface area contributed by atoms with Crippen LogP contribution in [0.15, 0.2) is 12.3 Å². The van der Waals surface area contributed by atoms with E-state index in [4.69, 9.17) is 4.74 Å². The smallest absolute Gasteiger partial charge is 0.199 e. The van der Waals surface area contributed by atoms with Gasteiger partial charge in [0.05, 0.1) is 0 Å². The average molecular weight is 146 g/mol. The zero-order valence-corrected chi connectivity index (χ0v) is 6.66. The lowest BCUT2D eigenvalue weighted by atomic mass is 10.5. The van der Waals surface area contributed by atoms with Crippen LogP contribution >= 0.6 is 0 Å². The van der Waals surface area contributed by atoms with Gasteiger partial charge in [-0.15, -0.1) is 0 Å². The van der Waals surface area contributed by atoms with Crippen LogP contribution in [0, 0.1) is 0 Å². The normalized spacial score (nSPS) is 13.9. The van der Waals surface area contributed by atoms with E-state index >= 15 is 0 Å². The summed E-state index contributed by atoms with van der Waals surface area (Å²) in [5.41, 5.74) is 0. The minimum absolute atomic E-state index is 0.318. The molecule has 1 atom stereocenters. The summed E-state index contributed by atoms with van der Waals surface area (Å²) in [5.74, 6) is 0. The largest absolute Gasteiger partial charge is 0.352 e. The lowest BCUT2D eigenvalue weighted by molar-refractivity contribution is -0.336. The van der Waals surface area contributed by atoms with Gasteiger partial charge in [0.15, 0.2) is 6.29 Å². The first-order chi connectivity index (χ1) is 4.81. The summed E-state index contributed by atoms with van der Waals surface area (Å²) < 4.78 is 4.75. The van der Waals surface area contributed by atoms with Crippen molar-refractivity contribution in [2.24, 2.45) is 0 Å². The van der Waals surface area contributed by atoms with Gasteiger partial charge in [-0.3, -0.25) is 0 Å². The van der Waals surface area contributed by atoms with Gasteiger partial charge in [-0.1, -0.05) is 6.92 Å². The Bertz CT molecular complexity index is 90.9. The summed E-state index contributed by atoms with van der Waals surface area (Å²) in [7, 11) is 1.55. The van der Waals surface area contributed by atoms with Crippen molar-refractivity contribution in [1.82, 2.24) is 0 Å². The molecule has 0 aromatic carbocycles. The molecule has 0 heterocycles. The molecule has 0 aliphatic carbocycles. The molecule has 0 saturated heterocycles. The molecule has 0 rings (SSSR count). The Morgan fingerprint density at radius 3 is 2.70 bits per heavy atom. The molecule has 0 amide bonds. The van der Waals surface area contributed by atoms with E-state index in [1.165, 1.54) is 6.26 Å². The number of rotatable bonds is 5. The number of allylic oxidation sites excluding steroid dienone is 1. The summed E-state index contributed by atoms with van der Waals surface area (Å²) >= 11 is 0. The second-order valence-corrected chi connectivity index (χ2v) is 1.78. The molecule has 0 radical (unpaired) electrons. The van der Waals surface area contributed by atoms with Crippen LogP contribution in [0.5, 0.6) is 0 Å². The molecule has 0 N–H and O–H groups in total. The number of ether oxygens (including phenoxy) is 1. The quantitative estimate of drug-likeness (QED) is 0.256. The van der Waals surface area contributed by atoms with Crippen molar-refractivity contribution in [2.45, 2.75) is 26.6 Å². The summed E-state index contributed by atoms with van der Waals surface area (Å²) in [6.45, 7) is 3.76. The van der Waals surface area contributed by atoms with E-state index in [0.29, 0.717) is 0 Å². The molecule has 0 aliphatic heterocycles. The maximum Gasteiger partial charge on any atom is 0.199 e. The monoisotopic (exact) mass is 146 g/mol. The SMILES string of the molecule is CCC=COOC(C)OC.